The zero-order valence-electron chi connectivity index (χ0n) is 9.17. The first-order valence-electron chi connectivity index (χ1n) is 4.96. The fraction of sp³-hybridized carbons (Fsp3) is 0.0909. The third-order valence-corrected chi connectivity index (χ3v) is 2.48. The first-order valence-corrected chi connectivity index (χ1v) is 5.33. The van der Waals surface area contributed by atoms with E-state index in [9.17, 15) is 14.9 Å². The third kappa shape index (κ3) is 2.23. The number of nitrogens with zero attached hydrogens (tertiary/aromatic N) is 3. The maximum atomic E-state index is 12.0. The molecule has 0 aliphatic rings. The van der Waals surface area contributed by atoms with E-state index >= 15 is 0 Å². The average molecular weight is 266 g/mol. The van der Waals surface area contributed by atoms with E-state index in [4.69, 9.17) is 11.6 Å². The topological polar surface area (TPSA) is 78.0 Å². The predicted octanol–water partition coefficient (Wildman–Crippen LogP) is 2.06. The van der Waals surface area contributed by atoms with Gasteiger partial charge in [0.15, 0.2) is 0 Å². The van der Waals surface area contributed by atoms with Crippen molar-refractivity contribution in [2.75, 3.05) is 0 Å². The van der Waals surface area contributed by atoms with Gasteiger partial charge in [-0.25, -0.2) is 4.98 Å². The standard InChI is InChI=1S/C11H8ClN3O3/c1-7(12)5-14-6-13-10-3-2-8(15(17)18)4-9(10)11(14)16/h2-4,6H,1,5H2. The van der Waals surface area contributed by atoms with Crippen molar-refractivity contribution in [1.82, 2.24) is 9.55 Å². The highest BCUT2D eigenvalue weighted by Gasteiger charge is 2.10. The van der Waals surface area contributed by atoms with Crippen LogP contribution < -0.4 is 5.56 Å². The molecule has 0 fully saturated rings. The smallest absolute Gasteiger partial charge is 0.270 e. The van der Waals surface area contributed by atoms with Crippen molar-refractivity contribution in [3.63, 3.8) is 0 Å². The first-order chi connectivity index (χ1) is 8.49. The summed E-state index contributed by atoms with van der Waals surface area (Å²) in [7, 11) is 0. The van der Waals surface area contributed by atoms with Gasteiger partial charge in [-0.1, -0.05) is 18.2 Å². The number of hydrogen-bond donors (Lipinski definition) is 0. The van der Waals surface area contributed by atoms with Crippen molar-refractivity contribution >= 4 is 28.2 Å². The van der Waals surface area contributed by atoms with Gasteiger partial charge in [0.25, 0.3) is 11.2 Å². The quantitative estimate of drug-likeness (QED) is 0.628. The number of hydrogen-bond acceptors (Lipinski definition) is 4. The lowest BCUT2D eigenvalue weighted by atomic mass is 10.2. The molecule has 7 heteroatoms. The Morgan fingerprint density at radius 3 is 2.89 bits per heavy atom. The van der Waals surface area contributed by atoms with E-state index in [1.54, 1.807) is 0 Å². The number of benzene rings is 1. The van der Waals surface area contributed by atoms with Crippen LogP contribution in [0.5, 0.6) is 0 Å². The highest BCUT2D eigenvalue weighted by atomic mass is 35.5. The molecule has 0 unspecified atom stereocenters. The maximum absolute atomic E-state index is 12.0. The minimum atomic E-state index is -0.559. The van der Waals surface area contributed by atoms with Crippen molar-refractivity contribution in [3.8, 4) is 0 Å². The SMILES string of the molecule is C=C(Cl)Cn1cnc2ccc([N+](=O)[O-])cc2c1=O. The molecule has 0 saturated carbocycles. The third-order valence-electron chi connectivity index (χ3n) is 2.36. The molecule has 1 aromatic heterocycles. The first kappa shape index (κ1) is 12.3. The minimum absolute atomic E-state index is 0.117. The zero-order valence-corrected chi connectivity index (χ0v) is 9.92. The number of nitro groups is 1. The second-order valence-electron chi connectivity index (χ2n) is 3.65. The van der Waals surface area contributed by atoms with Crippen LogP contribution in [0.25, 0.3) is 10.9 Å². The molecule has 0 radical (unpaired) electrons. The van der Waals surface area contributed by atoms with Crippen LogP contribution >= 0.6 is 11.6 Å². The molecule has 0 bridgehead atoms. The molecule has 0 spiro atoms. The van der Waals surface area contributed by atoms with Crippen molar-refractivity contribution < 1.29 is 4.92 Å². The van der Waals surface area contributed by atoms with Gasteiger partial charge in [0.05, 0.1) is 28.7 Å². The molecule has 6 nitrogen and oxygen atoms in total. The van der Waals surface area contributed by atoms with Gasteiger partial charge < -0.3 is 0 Å². The molecule has 0 aliphatic carbocycles. The molecular formula is C11H8ClN3O3. The van der Waals surface area contributed by atoms with Crippen LogP contribution in [0.3, 0.4) is 0 Å². The molecule has 0 atom stereocenters. The van der Waals surface area contributed by atoms with Crippen molar-refractivity contribution in [2.24, 2.45) is 0 Å². The van der Waals surface area contributed by atoms with E-state index in [0.29, 0.717) is 5.52 Å². The van der Waals surface area contributed by atoms with Crippen LogP contribution in [0.2, 0.25) is 0 Å². The molecule has 1 heterocycles. The highest BCUT2D eigenvalue weighted by Crippen LogP contribution is 2.16. The van der Waals surface area contributed by atoms with E-state index in [1.807, 2.05) is 0 Å². The summed E-state index contributed by atoms with van der Waals surface area (Å²) in [4.78, 5) is 26.2. The summed E-state index contributed by atoms with van der Waals surface area (Å²) in [5, 5.41) is 11.1. The molecule has 18 heavy (non-hydrogen) atoms. The summed E-state index contributed by atoms with van der Waals surface area (Å²) < 4.78 is 1.25. The summed E-state index contributed by atoms with van der Waals surface area (Å²) in [6.07, 6.45) is 1.34. The van der Waals surface area contributed by atoms with Crippen molar-refractivity contribution in [1.29, 1.82) is 0 Å². The summed E-state index contributed by atoms with van der Waals surface area (Å²) in [5.41, 5.74) is -0.128. The number of nitro benzene ring substituents is 1. The zero-order chi connectivity index (χ0) is 13.3. The Morgan fingerprint density at radius 1 is 1.56 bits per heavy atom. The molecule has 0 saturated heterocycles. The average Bonchev–Trinajstić information content (AvgIpc) is 2.32. The number of rotatable bonds is 3. The van der Waals surface area contributed by atoms with Gasteiger partial charge in [-0.15, -0.1) is 0 Å². The fourth-order valence-electron chi connectivity index (χ4n) is 1.56. The molecule has 0 amide bonds. The monoisotopic (exact) mass is 265 g/mol. The number of allylic oxidation sites excluding steroid dienone is 1. The molecule has 2 aromatic rings. The van der Waals surface area contributed by atoms with Crippen molar-refractivity contribution in [2.45, 2.75) is 6.54 Å². The second kappa shape index (κ2) is 4.58. The Kier molecular flexibility index (Phi) is 3.12. The Balaban J connectivity index is 2.67. The number of aromatic nitrogens is 2. The fourth-order valence-corrected chi connectivity index (χ4v) is 1.69. The Bertz CT molecular complexity index is 708. The molecule has 1 aromatic carbocycles. The summed E-state index contributed by atoms with van der Waals surface area (Å²) in [6.45, 7) is 3.60. The summed E-state index contributed by atoms with van der Waals surface area (Å²) in [5.74, 6) is 0. The van der Waals surface area contributed by atoms with Gasteiger partial charge >= 0.3 is 0 Å². The second-order valence-corrected chi connectivity index (χ2v) is 4.19. The van der Waals surface area contributed by atoms with Gasteiger partial charge in [-0.05, 0) is 6.07 Å². The Morgan fingerprint density at radius 2 is 2.28 bits per heavy atom. The lowest BCUT2D eigenvalue weighted by Crippen LogP contribution is -2.20. The van der Waals surface area contributed by atoms with E-state index in [0.717, 1.165) is 0 Å². The summed E-state index contributed by atoms with van der Waals surface area (Å²) >= 11 is 5.63. The molecular weight excluding hydrogens is 258 g/mol. The van der Waals surface area contributed by atoms with Crippen LogP contribution in [0.15, 0.2) is 40.9 Å². The van der Waals surface area contributed by atoms with Gasteiger partial charge in [0.2, 0.25) is 0 Å². The van der Waals surface area contributed by atoms with Crippen LogP contribution in [0, 0.1) is 10.1 Å². The molecule has 0 N–H and O–H groups in total. The largest absolute Gasteiger partial charge is 0.293 e. The van der Waals surface area contributed by atoms with Gasteiger partial charge in [-0.2, -0.15) is 0 Å². The van der Waals surface area contributed by atoms with Crippen LogP contribution in [-0.4, -0.2) is 14.5 Å². The maximum Gasteiger partial charge on any atom is 0.270 e. The van der Waals surface area contributed by atoms with Crippen molar-refractivity contribution in [3.05, 3.63) is 56.6 Å². The highest BCUT2D eigenvalue weighted by molar-refractivity contribution is 6.29. The molecule has 0 aliphatic heterocycles. The van der Waals surface area contributed by atoms with Crippen LogP contribution in [0.1, 0.15) is 0 Å². The predicted molar refractivity (Wildman–Crippen MR) is 67.7 cm³/mol. The van der Waals surface area contributed by atoms with E-state index in [2.05, 4.69) is 11.6 Å². The number of halogens is 1. The minimum Gasteiger partial charge on any atom is -0.293 e. The van der Waals surface area contributed by atoms with Gasteiger partial charge in [0, 0.05) is 17.2 Å². The Hall–Kier alpha value is -2.21. The lowest BCUT2D eigenvalue weighted by Gasteiger charge is -2.04. The lowest BCUT2D eigenvalue weighted by molar-refractivity contribution is -0.384. The number of fused-ring (bicyclic) bond motifs is 1. The van der Waals surface area contributed by atoms with E-state index < -0.39 is 4.92 Å². The number of non-ortho nitro benzene ring substituents is 1. The van der Waals surface area contributed by atoms with E-state index in [1.165, 1.54) is 29.1 Å². The molecule has 2 rings (SSSR count). The van der Waals surface area contributed by atoms with Crippen LogP contribution in [-0.2, 0) is 6.54 Å². The Labute approximate surface area is 106 Å². The van der Waals surface area contributed by atoms with Crippen LogP contribution in [0.4, 0.5) is 5.69 Å². The van der Waals surface area contributed by atoms with Gasteiger partial charge in [-0.3, -0.25) is 19.5 Å². The molecule has 92 valence electrons. The normalized spacial score (nSPS) is 10.5. The van der Waals surface area contributed by atoms with Gasteiger partial charge in [0.1, 0.15) is 0 Å². The summed E-state index contributed by atoms with van der Waals surface area (Å²) in [6, 6.07) is 3.95. The van der Waals surface area contributed by atoms with E-state index in [-0.39, 0.29) is 28.2 Å².